The van der Waals surface area contributed by atoms with E-state index in [1.165, 1.54) is 5.57 Å². The second-order valence-electron chi connectivity index (χ2n) is 1.37. The van der Waals surface area contributed by atoms with Gasteiger partial charge in [0.1, 0.15) is 0 Å². The van der Waals surface area contributed by atoms with Gasteiger partial charge in [-0.15, -0.1) is 0 Å². The van der Waals surface area contributed by atoms with Crippen molar-refractivity contribution in [2.24, 2.45) is 0 Å². The summed E-state index contributed by atoms with van der Waals surface area (Å²) >= 11 is 0. The summed E-state index contributed by atoms with van der Waals surface area (Å²) in [6.07, 6.45) is 2.08. The number of rotatable bonds is 0. The SMILES string of the molecule is CC=C(C)C.[H-].[Li+]. The molecule has 0 heterocycles. The van der Waals surface area contributed by atoms with Gasteiger partial charge in [0.15, 0.2) is 0 Å². The summed E-state index contributed by atoms with van der Waals surface area (Å²) in [5, 5.41) is 0. The molecule has 0 N–H and O–H groups in total. The van der Waals surface area contributed by atoms with Crippen molar-refractivity contribution in [3.05, 3.63) is 11.6 Å². The summed E-state index contributed by atoms with van der Waals surface area (Å²) in [6, 6.07) is 0. The zero-order valence-electron chi connectivity index (χ0n) is 6.08. The average molecular weight is 78.1 g/mol. The van der Waals surface area contributed by atoms with E-state index in [-0.39, 0.29) is 20.3 Å². The zero-order chi connectivity index (χ0) is 4.28. The van der Waals surface area contributed by atoms with Crippen LogP contribution in [0.15, 0.2) is 11.6 Å². The standard InChI is InChI=1S/C5H10.Li.H/c1-4-5(2)3;;/h4H,1-3H3;;/q;+1;-1. The van der Waals surface area contributed by atoms with Gasteiger partial charge in [-0.25, -0.2) is 0 Å². The Kier molecular flexibility index (Phi) is 8.54. The molecule has 0 spiro atoms. The van der Waals surface area contributed by atoms with Crippen LogP contribution in [0, 0.1) is 0 Å². The van der Waals surface area contributed by atoms with Crippen LogP contribution >= 0.6 is 0 Å². The fraction of sp³-hybridized carbons (Fsp3) is 0.600. The molecule has 0 bridgehead atoms. The molecular weight excluding hydrogens is 67.0 g/mol. The Morgan fingerprint density at radius 1 is 1.50 bits per heavy atom. The van der Waals surface area contributed by atoms with E-state index in [1.54, 1.807) is 0 Å². The summed E-state index contributed by atoms with van der Waals surface area (Å²) in [6.45, 7) is 6.20. The third-order valence-corrected chi connectivity index (χ3v) is 0.577. The van der Waals surface area contributed by atoms with Crippen LogP contribution in [0.2, 0.25) is 0 Å². The number of allylic oxidation sites excluding steroid dienone is 2. The van der Waals surface area contributed by atoms with Gasteiger partial charge in [-0.2, -0.15) is 0 Å². The van der Waals surface area contributed by atoms with Gasteiger partial charge in [0.05, 0.1) is 0 Å². The second kappa shape index (κ2) is 5.34. The maximum atomic E-state index is 2.08. The maximum Gasteiger partial charge on any atom is 1.00 e. The van der Waals surface area contributed by atoms with Gasteiger partial charge in [0.25, 0.3) is 0 Å². The summed E-state index contributed by atoms with van der Waals surface area (Å²) in [4.78, 5) is 0. The third kappa shape index (κ3) is 8.84. The van der Waals surface area contributed by atoms with Crippen molar-refractivity contribution >= 4 is 0 Å². The molecule has 0 radical (unpaired) electrons. The van der Waals surface area contributed by atoms with Gasteiger partial charge in [0, 0.05) is 0 Å². The Hall–Kier alpha value is 0.337. The van der Waals surface area contributed by atoms with Crippen molar-refractivity contribution < 1.29 is 20.3 Å². The molecule has 0 aliphatic carbocycles. The van der Waals surface area contributed by atoms with E-state index in [9.17, 15) is 0 Å². The Morgan fingerprint density at radius 3 is 1.67 bits per heavy atom. The molecule has 0 aromatic heterocycles. The quantitative estimate of drug-likeness (QED) is 0.260. The van der Waals surface area contributed by atoms with Crippen molar-refractivity contribution in [3.8, 4) is 0 Å². The van der Waals surface area contributed by atoms with Gasteiger partial charge in [-0.1, -0.05) is 11.6 Å². The van der Waals surface area contributed by atoms with Crippen molar-refractivity contribution in [3.63, 3.8) is 0 Å². The molecule has 0 aliphatic heterocycles. The minimum Gasteiger partial charge on any atom is -1.00 e. The van der Waals surface area contributed by atoms with Crippen LogP contribution in [0.5, 0.6) is 0 Å². The first-order chi connectivity index (χ1) is 2.27. The first-order valence-electron chi connectivity index (χ1n) is 1.87. The van der Waals surface area contributed by atoms with Gasteiger partial charge in [-0.3, -0.25) is 0 Å². The second-order valence-corrected chi connectivity index (χ2v) is 1.37. The molecule has 0 aromatic carbocycles. The molecule has 0 atom stereocenters. The van der Waals surface area contributed by atoms with Crippen LogP contribution in [0.4, 0.5) is 0 Å². The molecule has 32 valence electrons. The minimum absolute atomic E-state index is 0. The molecular formula is C5H11Li. The summed E-state index contributed by atoms with van der Waals surface area (Å²) in [7, 11) is 0. The van der Waals surface area contributed by atoms with E-state index in [0.29, 0.717) is 0 Å². The van der Waals surface area contributed by atoms with Crippen LogP contribution in [0.1, 0.15) is 22.2 Å². The van der Waals surface area contributed by atoms with Crippen LogP contribution in [0.25, 0.3) is 0 Å². The molecule has 0 aromatic rings. The largest absolute Gasteiger partial charge is 1.00 e. The van der Waals surface area contributed by atoms with Crippen LogP contribution in [-0.4, -0.2) is 0 Å². The van der Waals surface area contributed by atoms with Crippen molar-refractivity contribution in [2.75, 3.05) is 0 Å². The fourth-order valence-electron chi connectivity index (χ4n) is 0. The van der Waals surface area contributed by atoms with Crippen molar-refractivity contribution in [1.82, 2.24) is 0 Å². The van der Waals surface area contributed by atoms with Gasteiger partial charge in [0.2, 0.25) is 0 Å². The Labute approximate surface area is 53.3 Å². The Bertz CT molecular complexity index is 46.0. The molecule has 6 heavy (non-hydrogen) atoms. The van der Waals surface area contributed by atoms with Gasteiger partial charge < -0.3 is 1.43 Å². The van der Waals surface area contributed by atoms with E-state index in [4.69, 9.17) is 0 Å². The van der Waals surface area contributed by atoms with Gasteiger partial charge >= 0.3 is 18.9 Å². The fourth-order valence-corrected chi connectivity index (χ4v) is 0. The normalized spacial score (nSPS) is 5.83. The van der Waals surface area contributed by atoms with E-state index in [0.717, 1.165) is 0 Å². The Balaban J connectivity index is -0.0000000800. The van der Waals surface area contributed by atoms with Crippen LogP contribution in [0.3, 0.4) is 0 Å². The van der Waals surface area contributed by atoms with Crippen molar-refractivity contribution in [2.45, 2.75) is 20.8 Å². The molecule has 0 fully saturated rings. The monoisotopic (exact) mass is 78.1 g/mol. The number of hydrogen-bond acceptors (Lipinski definition) is 0. The summed E-state index contributed by atoms with van der Waals surface area (Å²) < 4.78 is 0. The molecule has 0 rings (SSSR count). The molecule has 0 aliphatic rings. The van der Waals surface area contributed by atoms with Crippen LogP contribution in [-0.2, 0) is 0 Å². The van der Waals surface area contributed by atoms with Crippen molar-refractivity contribution in [1.29, 1.82) is 0 Å². The third-order valence-electron chi connectivity index (χ3n) is 0.577. The maximum absolute atomic E-state index is 2.08. The van der Waals surface area contributed by atoms with E-state index >= 15 is 0 Å². The summed E-state index contributed by atoms with van der Waals surface area (Å²) in [5.74, 6) is 0. The first-order valence-corrected chi connectivity index (χ1v) is 1.87. The molecule has 0 saturated heterocycles. The van der Waals surface area contributed by atoms with Gasteiger partial charge in [-0.05, 0) is 20.8 Å². The topological polar surface area (TPSA) is 0 Å². The van der Waals surface area contributed by atoms with Crippen LogP contribution < -0.4 is 18.9 Å². The molecule has 0 unspecified atom stereocenters. The first kappa shape index (κ1) is 9.60. The molecule has 1 heteroatoms. The van der Waals surface area contributed by atoms with E-state index in [1.807, 2.05) is 6.92 Å². The van der Waals surface area contributed by atoms with E-state index in [2.05, 4.69) is 19.9 Å². The average Bonchev–Trinajstić information content (AvgIpc) is 1.38. The molecule has 0 saturated carbocycles. The van der Waals surface area contributed by atoms with E-state index < -0.39 is 0 Å². The Morgan fingerprint density at radius 2 is 1.67 bits per heavy atom. The zero-order valence-corrected chi connectivity index (χ0v) is 5.08. The predicted octanol–water partition coefficient (Wildman–Crippen LogP) is -0.911. The minimum atomic E-state index is 0. The number of hydrogen-bond donors (Lipinski definition) is 0. The molecule has 0 nitrogen and oxygen atoms in total. The molecule has 0 amide bonds. The smallest absolute Gasteiger partial charge is 1.00 e. The summed E-state index contributed by atoms with van der Waals surface area (Å²) in [5.41, 5.74) is 1.38. The predicted molar refractivity (Wildman–Crippen MR) is 26.2 cm³/mol.